The predicted molar refractivity (Wildman–Crippen MR) is 78.6 cm³/mol. The Kier molecular flexibility index (Phi) is 3.35. The number of carbonyl (C=O) groups is 1. The van der Waals surface area contributed by atoms with E-state index in [2.05, 4.69) is 16.1 Å². The summed E-state index contributed by atoms with van der Waals surface area (Å²) in [6.07, 6.45) is 5.18. The van der Waals surface area contributed by atoms with Gasteiger partial charge in [-0.05, 0) is 31.7 Å². The lowest BCUT2D eigenvalue weighted by molar-refractivity contribution is -0.128. The molecule has 0 bridgehead atoms. The van der Waals surface area contributed by atoms with Gasteiger partial charge in [0.1, 0.15) is 0 Å². The van der Waals surface area contributed by atoms with E-state index in [-0.39, 0.29) is 11.3 Å². The molecule has 3 rings (SSSR count). The summed E-state index contributed by atoms with van der Waals surface area (Å²) in [6.45, 7) is 7.28. The van der Waals surface area contributed by atoms with Gasteiger partial charge in [-0.3, -0.25) is 9.48 Å². The largest absolute Gasteiger partial charge is 0.354 e. The molecule has 2 saturated carbocycles. The number of amides is 1. The van der Waals surface area contributed by atoms with Crippen LogP contribution in [0.4, 0.5) is 0 Å². The molecule has 20 heavy (non-hydrogen) atoms. The molecule has 2 fully saturated rings. The molecule has 1 aromatic rings. The fourth-order valence-corrected chi connectivity index (χ4v) is 2.46. The minimum absolute atomic E-state index is 0.111. The molecule has 0 atom stereocenters. The summed E-state index contributed by atoms with van der Waals surface area (Å²) in [5, 5.41) is 7.77. The van der Waals surface area contributed by atoms with E-state index in [9.17, 15) is 4.79 Å². The Morgan fingerprint density at radius 3 is 2.50 bits per heavy atom. The number of aromatic nitrogens is 2. The first kappa shape index (κ1) is 13.7. The molecule has 0 unspecified atom stereocenters. The van der Waals surface area contributed by atoms with Crippen molar-refractivity contribution in [2.45, 2.75) is 64.8 Å². The number of nitrogens with zero attached hydrogens (tertiary/aromatic N) is 2. The van der Waals surface area contributed by atoms with E-state index in [1.807, 2.05) is 20.8 Å². The van der Waals surface area contributed by atoms with Crippen LogP contribution in [0.2, 0.25) is 0 Å². The number of hydrogen-bond acceptors (Lipinski definition) is 2. The minimum Gasteiger partial charge on any atom is -0.354 e. The lowest BCUT2D eigenvalue weighted by atomic mass is 9.96. The molecule has 4 heteroatoms. The van der Waals surface area contributed by atoms with Gasteiger partial charge in [0, 0.05) is 29.5 Å². The van der Waals surface area contributed by atoms with Crippen molar-refractivity contribution < 1.29 is 4.79 Å². The number of hydrogen-bond donors (Lipinski definition) is 1. The Hall–Kier alpha value is -1.32. The highest BCUT2D eigenvalue weighted by atomic mass is 16.2. The molecule has 0 saturated heterocycles. The van der Waals surface area contributed by atoms with Crippen LogP contribution in [0.3, 0.4) is 0 Å². The van der Waals surface area contributed by atoms with E-state index < -0.39 is 0 Å². The number of carbonyl (C=O) groups excluding carboxylic acids is 1. The van der Waals surface area contributed by atoms with Crippen LogP contribution < -0.4 is 5.32 Å². The SMILES string of the molecule is CC(C)(C)C(=O)NCCn1nc(C2CC2)cc1C1CC1. The summed E-state index contributed by atoms with van der Waals surface area (Å²) in [7, 11) is 0. The van der Waals surface area contributed by atoms with Crippen molar-refractivity contribution in [1.29, 1.82) is 0 Å². The minimum atomic E-state index is -0.317. The van der Waals surface area contributed by atoms with Crippen LogP contribution >= 0.6 is 0 Å². The second kappa shape index (κ2) is 4.90. The Bertz CT molecular complexity index is 504. The third-order valence-corrected chi connectivity index (χ3v) is 4.11. The maximum Gasteiger partial charge on any atom is 0.225 e. The Morgan fingerprint density at radius 1 is 1.30 bits per heavy atom. The third-order valence-electron chi connectivity index (χ3n) is 4.11. The Balaban J connectivity index is 1.60. The number of rotatable bonds is 5. The van der Waals surface area contributed by atoms with Gasteiger partial charge in [0.05, 0.1) is 12.2 Å². The van der Waals surface area contributed by atoms with Crippen LogP contribution in [0.25, 0.3) is 0 Å². The molecular weight excluding hydrogens is 250 g/mol. The predicted octanol–water partition coefficient (Wildman–Crippen LogP) is 2.80. The zero-order chi connectivity index (χ0) is 14.3. The van der Waals surface area contributed by atoms with Gasteiger partial charge in [0.15, 0.2) is 0 Å². The van der Waals surface area contributed by atoms with Crippen molar-refractivity contribution in [2.24, 2.45) is 5.41 Å². The van der Waals surface area contributed by atoms with Crippen LogP contribution in [-0.4, -0.2) is 22.2 Å². The van der Waals surface area contributed by atoms with E-state index in [0.717, 1.165) is 6.54 Å². The second-order valence-corrected chi connectivity index (χ2v) is 7.27. The summed E-state index contributed by atoms with van der Waals surface area (Å²) < 4.78 is 2.13. The summed E-state index contributed by atoms with van der Waals surface area (Å²) >= 11 is 0. The summed E-state index contributed by atoms with van der Waals surface area (Å²) in [4.78, 5) is 11.9. The first-order valence-corrected chi connectivity index (χ1v) is 7.81. The molecule has 0 radical (unpaired) electrons. The fourth-order valence-electron chi connectivity index (χ4n) is 2.46. The summed E-state index contributed by atoms with van der Waals surface area (Å²) in [5.74, 6) is 1.53. The van der Waals surface area contributed by atoms with Crippen LogP contribution in [0.5, 0.6) is 0 Å². The first-order chi connectivity index (χ1) is 9.45. The smallest absolute Gasteiger partial charge is 0.225 e. The lowest BCUT2D eigenvalue weighted by Crippen LogP contribution is -2.36. The van der Waals surface area contributed by atoms with E-state index in [1.165, 1.54) is 37.1 Å². The van der Waals surface area contributed by atoms with Gasteiger partial charge in [0.2, 0.25) is 5.91 Å². The first-order valence-electron chi connectivity index (χ1n) is 7.81. The Morgan fingerprint density at radius 2 is 1.95 bits per heavy atom. The molecule has 1 amide bonds. The summed E-state index contributed by atoms with van der Waals surface area (Å²) in [5.41, 5.74) is 2.34. The molecular formula is C16H25N3O. The van der Waals surface area contributed by atoms with E-state index in [1.54, 1.807) is 0 Å². The molecule has 1 heterocycles. The average Bonchev–Trinajstić information content (AvgIpc) is 3.27. The molecule has 0 aromatic carbocycles. The molecule has 2 aliphatic rings. The van der Waals surface area contributed by atoms with Crippen molar-refractivity contribution in [3.05, 3.63) is 17.5 Å². The lowest BCUT2D eigenvalue weighted by Gasteiger charge is -2.17. The van der Waals surface area contributed by atoms with Gasteiger partial charge in [-0.25, -0.2) is 0 Å². The van der Waals surface area contributed by atoms with Crippen LogP contribution in [0.1, 0.15) is 69.7 Å². The normalized spacial score (nSPS) is 19.1. The average molecular weight is 275 g/mol. The molecule has 1 N–H and O–H groups in total. The molecule has 4 nitrogen and oxygen atoms in total. The number of nitrogens with one attached hydrogen (secondary N) is 1. The fraction of sp³-hybridized carbons (Fsp3) is 0.750. The quantitative estimate of drug-likeness (QED) is 0.898. The van der Waals surface area contributed by atoms with Crippen molar-refractivity contribution in [3.8, 4) is 0 Å². The van der Waals surface area contributed by atoms with E-state index >= 15 is 0 Å². The van der Waals surface area contributed by atoms with Crippen LogP contribution in [-0.2, 0) is 11.3 Å². The topological polar surface area (TPSA) is 46.9 Å². The zero-order valence-corrected chi connectivity index (χ0v) is 12.8. The monoisotopic (exact) mass is 275 g/mol. The van der Waals surface area contributed by atoms with Gasteiger partial charge < -0.3 is 5.32 Å². The van der Waals surface area contributed by atoms with Crippen LogP contribution in [0.15, 0.2) is 6.07 Å². The second-order valence-electron chi connectivity index (χ2n) is 7.27. The molecule has 0 aliphatic heterocycles. The van der Waals surface area contributed by atoms with Crippen molar-refractivity contribution in [2.75, 3.05) is 6.54 Å². The van der Waals surface area contributed by atoms with E-state index in [0.29, 0.717) is 18.4 Å². The van der Waals surface area contributed by atoms with Crippen LogP contribution in [0, 0.1) is 5.41 Å². The maximum absolute atomic E-state index is 11.9. The van der Waals surface area contributed by atoms with Gasteiger partial charge >= 0.3 is 0 Å². The summed E-state index contributed by atoms with van der Waals surface area (Å²) in [6, 6.07) is 2.31. The highest BCUT2D eigenvalue weighted by Gasteiger charge is 2.32. The zero-order valence-electron chi connectivity index (χ0n) is 12.8. The standard InChI is InChI=1S/C16H25N3O/c1-16(2,3)15(20)17-8-9-19-14(12-6-7-12)10-13(18-19)11-4-5-11/h10-12H,4-9H2,1-3H3,(H,17,20). The van der Waals surface area contributed by atoms with Crippen molar-refractivity contribution in [3.63, 3.8) is 0 Å². The maximum atomic E-state index is 11.9. The molecule has 1 aromatic heterocycles. The molecule has 0 spiro atoms. The molecule has 2 aliphatic carbocycles. The van der Waals surface area contributed by atoms with Gasteiger partial charge in [0.25, 0.3) is 0 Å². The Labute approximate surface area is 120 Å². The van der Waals surface area contributed by atoms with Crippen molar-refractivity contribution >= 4 is 5.91 Å². The van der Waals surface area contributed by atoms with E-state index in [4.69, 9.17) is 5.10 Å². The van der Waals surface area contributed by atoms with Gasteiger partial charge in [-0.1, -0.05) is 20.8 Å². The van der Waals surface area contributed by atoms with Crippen molar-refractivity contribution in [1.82, 2.24) is 15.1 Å². The highest BCUT2D eigenvalue weighted by Crippen LogP contribution is 2.44. The highest BCUT2D eigenvalue weighted by molar-refractivity contribution is 5.81. The molecule has 110 valence electrons. The van der Waals surface area contributed by atoms with Gasteiger partial charge in [-0.2, -0.15) is 5.10 Å². The third kappa shape index (κ3) is 3.05. The van der Waals surface area contributed by atoms with Gasteiger partial charge in [-0.15, -0.1) is 0 Å².